The number of unbranched alkanes of at least 4 members (excludes halogenated alkanes) is 1. The average molecular weight is 239 g/mol. The molecule has 0 unspecified atom stereocenters. The lowest BCUT2D eigenvalue weighted by Crippen LogP contribution is -2.40. The van der Waals surface area contributed by atoms with E-state index in [0.29, 0.717) is 0 Å². The maximum atomic E-state index is 10.8. The molecule has 0 fully saturated rings. The summed E-state index contributed by atoms with van der Waals surface area (Å²) < 4.78 is 4.13. The average Bonchev–Trinajstić information content (AvgIpc) is 2.53. The minimum absolute atomic E-state index is 0.0661. The number of carbonyl (C=O) groups is 1. The molecule has 0 radical (unpaired) electrons. The highest BCUT2D eigenvalue weighted by atomic mass is 16.4. The SMILES string of the molecule is CCCCc1n(CCC)c(C)c[n+]1CC(=O)O. The maximum absolute atomic E-state index is 10.8. The van der Waals surface area contributed by atoms with Gasteiger partial charge in [-0.25, -0.2) is 13.9 Å². The van der Waals surface area contributed by atoms with Crippen molar-refractivity contribution in [2.75, 3.05) is 0 Å². The molecule has 0 aliphatic rings. The fraction of sp³-hybridized carbons (Fsp3) is 0.692. The van der Waals surface area contributed by atoms with E-state index in [9.17, 15) is 4.79 Å². The molecular weight excluding hydrogens is 216 g/mol. The Kier molecular flexibility index (Phi) is 5.19. The number of rotatable bonds is 7. The number of imidazole rings is 1. The van der Waals surface area contributed by atoms with Crippen molar-refractivity contribution in [2.45, 2.75) is 59.5 Å². The standard InChI is InChI=1S/C13H22N2O2/c1-4-6-7-12-14(10-13(16)17)9-11(3)15(12)8-5-2/h9H,4-8,10H2,1-3H3/p+1. The summed E-state index contributed by atoms with van der Waals surface area (Å²) in [6.45, 7) is 7.38. The molecule has 0 atom stereocenters. The number of aryl methyl sites for hydroxylation is 1. The second-order valence-electron chi connectivity index (χ2n) is 4.46. The van der Waals surface area contributed by atoms with Gasteiger partial charge in [0.25, 0.3) is 5.82 Å². The van der Waals surface area contributed by atoms with Gasteiger partial charge in [0.2, 0.25) is 0 Å². The Morgan fingerprint density at radius 2 is 2.12 bits per heavy atom. The van der Waals surface area contributed by atoms with E-state index in [1.807, 2.05) is 17.7 Å². The molecule has 1 N–H and O–H groups in total. The van der Waals surface area contributed by atoms with E-state index in [-0.39, 0.29) is 6.54 Å². The summed E-state index contributed by atoms with van der Waals surface area (Å²) in [7, 11) is 0. The van der Waals surface area contributed by atoms with Crippen LogP contribution in [0.5, 0.6) is 0 Å². The van der Waals surface area contributed by atoms with Crippen molar-refractivity contribution in [2.24, 2.45) is 0 Å². The normalized spacial score (nSPS) is 10.8. The van der Waals surface area contributed by atoms with E-state index in [0.717, 1.165) is 43.7 Å². The van der Waals surface area contributed by atoms with Gasteiger partial charge in [-0.15, -0.1) is 0 Å². The first-order chi connectivity index (χ1) is 8.10. The number of aliphatic carboxylic acids is 1. The molecule has 0 aromatic carbocycles. The molecule has 0 aliphatic heterocycles. The van der Waals surface area contributed by atoms with Crippen LogP contribution >= 0.6 is 0 Å². The van der Waals surface area contributed by atoms with Crippen molar-refractivity contribution >= 4 is 5.97 Å². The van der Waals surface area contributed by atoms with Crippen molar-refractivity contribution in [1.29, 1.82) is 0 Å². The first-order valence-electron chi connectivity index (χ1n) is 6.40. The predicted molar refractivity (Wildman–Crippen MR) is 65.9 cm³/mol. The van der Waals surface area contributed by atoms with Crippen LogP contribution in [0.25, 0.3) is 0 Å². The Morgan fingerprint density at radius 3 is 2.65 bits per heavy atom. The molecule has 1 rings (SSSR count). The van der Waals surface area contributed by atoms with E-state index in [4.69, 9.17) is 5.11 Å². The van der Waals surface area contributed by atoms with Crippen molar-refractivity contribution < 1.29 is 14.5 Å². The molecule has 4 nitrogen and oxygen atoms in total. The van der Waals surface area contributed by atoms with Crippen LogP contribution in [0.3, 0.4) is 0 Å². The quantitative estimate of drug-likeness (QED) is 0.739. The molecule has 0 spiro atoms. The monoisotopic (exact) mass is 239 g/mol. The van der Waals surface area contributed by atoms with E-state index in [2.05, 4.69) is 18.4 Å². The van der Waals surface area contributed by atoms with Gasteiger partial charge in [-0.3, -0.25) is 0 Å². The van der Waals surface area contributed by atoms with Gasteiger partial charge in [0, 0.05) is 13.3 Å². The van der Waals surface area contributed by atoms with Crippen LogP contribution in [0, 0.1) is 6.92 Å². The summed E-state index contributed by atoms with van der Waals surface area (Å²) in [5.74, 6) is 0.370. The van der Waals surface area contributed by atoms with Gasteiger partial charge in [0.15, 0.2) is 6.54 Å². The second-order valence-corrected chi connectivity index (χ2v) is 4.46. The van der Waals surface area contributed by atoms with Crippen LogP contribution in [0.15, 0.2) is 6.20 Å². The largest absolute Gasteiger partial charge is 0.478 e. The first kappa shape index (κ1) is 13.7. The highest BCUT2D eigenvalue weighted by Gasteiger charge is 2.21. The van der Waals surface area contributed by atoms with E-state index in [1.54, 1.807) is 0 Å². The third-order valence-electron chi connectivity index (χ3n) is 2.92. The predicted octanol–water partition coefficient (Wildman–Crippen LogP) is 1.92. The zero-order valence-corrected chi connectivity index (χ0v) is 11.1. The van der Waals surface area contributed by atoms with E-state index >= 15 is 0 Å². The Morgan fingerprint density at radius 1 is 1.41 bits per heavy atom. The molecular formula is C13H23N2O2+. The highest BCUT2D eigenvalue weighted by molar-refractivity contribution is 5.64. The van der Waals surface area contributed by atoms with Crippen LogP contribution < -0.4 is 4.57 Å². The van der Waals surface area contributed by atoms with Crippen molar-refractivity contribution in [3.8, 4) is 0 Å². The van der Waals surface area contributed by atoms with Crippen molar-refractivity contribution in [3.05, 3.63) is 17.7 Å². The third kappa shape index (κ3) is 3.58. The van der Waals surface area contributed by atoms with E-state index < -0.39 is 5.97 Å². The van der Waals surface area contributed by atoms with Crippen LogP contribution in [-0.2, 0) is 24.3 Å². The molecule has 1 aromatic heterocycles. The van der Waals surface area contributed by atoms with Gasteiger partial charge in [0.1, 0.15) is 11.9 Å². The Labute approximate surface area is 103 Å². The molecule has 0 saturated heterocycles. The van der Waals surface area contributed by atoms with Crippen molar-refractivity contribution in [3.63, 3.8) is 0 Å². The molecule has 0 bridgehead atoms. The topological polar surface area (TPSA) is 46.1 Å². The number of hydrogen-bond acceptors (Lipinski definition) is 1. The van der Waals surface area contributed by atoms with Gasteiger partial charge in [-0.1, -0.05) is 20.3 Å². The lowest BCUT2D eigenvalue weighted by Gasteiger charge is -2.03. The summed E-state index contributed by atoms with van der Waals surface area (Å²) in [6, 6.07) is 0. The van der Waals surface area contributed by atoms with Crippen LogP contribution in [0.1, 0.15) is 44.6 Å². The molecule has 1 heterocycles. The Hall–Kier alpha value is -1.32. The van der Waals surface area contributed by atoms with Gasteiger partial charge < -0.3 is 5.11 Å². The maximum Gasteiger partial charge on any atom is 0.346 e. The zero-order valence-electron chi connectivity index (χ0n) is 11.1. The van der Waals surface area contributed by atoms with E-state index in [1.165, 1.54) is 0 Å². The summed E-state index contributed by atoms with van der Waals surface area (Å²) in [4.78, 5) is 10.8. The van der Waals surface area contributed by atoms with Crippen molar-refractivity contribution in [1.82, 2.24) is 4.57 Å². The molecule has 1 aromatic rings. The summed E-state index contributed by atoms with van der Waals surface area (Å²) in [5.41, 5.74) is 1.15. The summed E-state index contributed by atoms with van der Waals surface area (Å²) >= 11 is 0. The molecule has 4 heteroatoms. The minimum Gasteiger partial charge on any atom is -0.478 e. The van der Waals surface area contributed by atoms with Gasteiger partial charge >= 0.3 is 5.97 Å². The Bertz CT molecular complexity index is 383. The zero-order chi connectivity index (χ0) is 12.8. The summed E-state index contributed by atoms with van der Waals surface area (Å²) in [6.07, 6.45) is 6.21. The molecule has 0 aliphatic carbocycles. The number of carboxylic acids is 1. The third-order valence-corrected chi connectivity index (χ3v) is 2.92. The molecule has 0 amide bonds. The van der Waals surface area contributed by atoms with Crippen LogP contribution in [0.4, 0.5) is 0 Å². The Balaban J connectivity index is 3.01. The number of hydrogen-bond donors (Lipinski definition) is 1. The second kappa shape index (κ2) is 6.42. The molecule has 96 valence electrons. The van der Waals surface area contributed by atoms with Gasteiger partial charge in [-0.2, -0.15) is 0 Å². The van der Waals surface area contributed by atoms with Crippen LogP contribution in [-0.4, -0.2) is 15.6 Å². The summed E-state index contributed by atoms with van der Waals surface area (Å²) in [5, 5.41) is 8.92. The first-order valence-corrected chi connectivity index (χ1v) is 6.40. The molecule has 0 saturated carbocycles. The smallest absolute Gasteiger partial charge is 0.346 e. The highest BCUT2D eigenvalue weighted by Crippen LogP contribution is 2.08. The molecule has 17 heavy (non-hydrogen) atoms. The lowest BCUT2D eigenvalue weighted by molar-refractivity contribution is -0.693. The van der Waals surface area contributed by atoms with Gasteiger partial charge in [-0.05, 0) is 12.8 Å². The lowest BCUT2D eigenvalue weighted by atomic mass is 10.2. The van der Waals surface area contributed by atoms with Gasteiger partial charge in [0.05, 0.1) is 6.54 Å². The fourth-order valence-electron chi connectivity index (χ4n) is 2.15. The number of carboxylic acid groups (broad SMARTS) is 1. The van der Waals surface area contributed by atoms with Crippen LogP contribution in [0.2, 0.25) is 0 Å². The fourth-order valence-corrected chi connectivity index (χ4v) is 2.15. The minimum atomic E-state index is -0.776. The number of nitrogens with zero attached hydrogens (tertiary/aromatic N) is 2. The number of aromatic nitrogens is 2.